The Morgan fingerprint density at radius 3 is 2.90 bits per heavy atom. The minimum Gasteiger partial charge on any atom is -0.488 e. The normalized spacial score (nSPS) is 20.8. The van der Waals surface area contributed by atoms with Crippen molar-refractivity contribution in [1.29, 1.82) is 0 Å². The van der Waals surface area contributed by atoms with E-state index in [1.165, 1.54) is 11.9 Å². The Morgan fingerprint density at radius 2 is 2.10 bits per heavy atom. The van der Waals surface area contributed by atoms with Crippen LogP contribution in [0.15, 0.2) is 47.1 Å². The lowest BCUT2D eigenvalue weighted by molar-refractivity contribution is -0.138. The minimum absolute atomic E-state index is 0.0348. The molecule has 0 fully saturated rings. The number of aliphatic imine (C=N–C) groups is 1. The summed E-state index contributed by atoms with van der Waals surface area (Å²) < 4.78 is 48.9. The molecule has 3 heterocycles. The summed E-state index contributed by atoms with van der Waals surface area (Å²) in [5.74, 6) is 1.61. The third-order valence-electron chi connectivity index (χ3n) is 5.18. The first-order valence-corrected chi connectivity index (χ1v) is 9.99. The molecule has 0 unspecified atom stereocenters. The SMILES string of the molecule is FC(F)(F)CCN1CCc2c(ncnc2N=C2COC=C(CC3=CC=CCC3)O2)C1. The Kier molecular flexibility index (Phi) is 6.17. The molecule has 0 spiro atoms. The highest BCUT2D eigenvalue weighted by molar-refractivity contribution is 5.82. The molecule has 9 heteroatoms. The Morgan fingerprint density at radius 1 is 1.20 bits per heavy atom. The van der Waals surface area contributed by atoms with Gasteiger partial charge in [0, 0.05) is 31.6 Å². The van der Waals surface area contributed by atoms with Gasteiger partial charge in [0.15, 0.2) is 12.4 Å². The molecule has 0 saturated heterocycles. The molecule has 0 atom stereocenters. The molecule has 4 rings (SSSR count). The van der Waals surface area contributed by atoms with Gasteiger partial charge >= 0.3 is 6.18 Å². The third-order valence-corrected chi connectivity index (χ3v) is 5.18. The number of fused-ring (bicyclic) bond motifs is 1. The van der Waals surface area contributed by atoms with Crippen molar-refractivity contribution in [2.24, 2.45) is 4.99 Å². The van der Waals surface area contributed by atoms with Gasteiger partial charge in [-0.1, -0.05) is 23.8 Å². The maximum atomic E-state index is 12.5. The van der Waals surface area contributed by atoms with Crippen molar-refractivity contribution < 1.29 is 22.6 Å². The Labute approximate surface area is 172 Å². The maximum absolute atomic E-state index is 12.5. The second-order valence-electron chi connectivity index (χ2n) is 7.49. The molecule has 0 saturated carbocycles. The van der Waals surface area contributed by atoms with Gasteiger partial charge in [-0.2, -0.15) is 18.2 Å². The predicted octanol–water partition coefficient (Wildman–Crippen LogP) is 4.37. The summed E-state index contributed by atoms with van der Waals surface area (Å²) >= 11 is 0. The highest BCUT2D eigenvalue weighted by Crippen LogP contribution is 2.28. The molecule has 0 amide bonds. The molecule has 0 N–H and O–H groups in total. The zero-order valence-corrected chi connectivity index (χ0v) is 16.5. The van der Waals surface area contributed by atoms with Crippen LogP contribution in [0, 0.1) is 0 Å². The minimum atomic E-state index is -4.16. The van der Waals surface area contributed by atoms with Gasteiger partial charge in [0.2, 0.25) is 5.90 Å². The molecule has 6 nitrogen and oxygen atoms in total. The van der Waals surface area contributed by atoms with E-state index in [9.17, 15) is 13.2 Å². The molecule has 160 valence electrons. The first kappa shape index (κ1) is 20.6. The van der Waals surface area contributed by atoms with E-state index < -0.39 is 12.6 Å². The van der Waals surface area contributed by atoms with Crippen LogP contribution in [0.3, 0.4) is 0 Å². The number of nitrogens with zero attached hydrogens (tertiary/aromatic N) is 4. The van der Waals surface area contributed by atoms with Gasteiger partial charge in [-0.3, -0.25) is 4.90 Å². The van der Waals surface area contributed by atoms with Crippen molar-refractivity contribution in [3.05, 3.63) is 53.4 Å². The van der Waals surface area contributed by atoms with Gasteiger partial charge in [-0.15, -0.1) is 0 Å². The van der Waals surface area contributed by atoms with Crippen LogP contribution in [0.25, 0.3) is 0 Å². The van der Waals surface area contributed by atoms with Crippen molar-refractivity contribution in [2.45, 2.75) is 44.8 Å². The number of aromatic nitrogens is 2. The van der Waals surface area contributed by atoms with Gasteiger partial charge in [-0.05, 0) is 19.3 Å². The first-order chi connectivity index (χ1) is 14.5. The standard InChI is InChI=1S/C21H23F3N4O2/c22-21(23,24)7-9-28-8-6-17-18(11-28)25-14-26-20(17)27-19-13-29-12-16(30-19)10-15-4-2-1-3-5-15/h1-2,4,12,14H,3,5-11,13H2. The smallest absolute Gasteiger partial charge is 0.390 e. The van der Waals surface area contributed by atoms with E-state index in [2.05, 4.69) is 27.1 Å². The highest BCUT2D eigenvalue weighted by Gasteiger charge is 2.29. The topological polar surface area (TPSA) is 59.8 Å². The van der Waals surface area contributed by atoms with Crippen LogP contribution in [-0.2, 0) is 22.4 Å². The van der Waals surface area contributed by atoms with Crippen LogP contribution in [0.1, 0.15) is 36.9 Å². The summed E-state index contributed by atoms with van der Waals surface area (Å²) in [5.41, 5.74) is 2.84. The van der Waals surface area contributed by atoms with Crippen molar-refractivity contribution in [3.8, 4) is 0 Å². The van der Waals surface area contributed by atoms with Crippen LogP contribution >= 0.6 is 0 Å². The quantitative estimate of drug-likeness (QED) is 0.708. The average Bonchev–Trinajstić information content (AvgIpc) is 2.73. The van der Waals surface area contributed by atoms with E-state index in [1.807, 2.05) is 6.08 Å². The van der Waals surface area contributed by atoms with Gasteiger partial charge < -0.3 is 9.47 Å². The molecule has 1 aromatic heterocycles. The summed E-state index contributed by atoms with van der Waals surface area (Å²) in [4.78, 5) is 14.8. The number of ether oxygens (including phenoxy) is 2. The summed E-state index contributed by atoms with van der Waals surface area (Å²) in [6, 6.07) is 0. The van der Waals surface area contributed by atoms with Gasteiger partial charge in [0.25, 0.3) is 0 Å². The van der Waals surface area contributed by atoms with Gasteiger partial charge in [0.1, 0.15) is 18.3 Å². The largest absolute Gasteiger partial charge is 0.488 e. The van der Waals surface area contributed by atoms with Crippen LogP contribution < -0.4 is 0 Å². The number of halogens is 3. The Bertz CT molecular complexity index is 906. The predicted molar refractivity (Wildman–Crippen MR) is 105 cm³/mol. The fraction of sp³-hybridized carbons (Fsp3) is 0.476. The van der Waals surface area contributed by atoms with Crippen molar-refractivity contribution in [1.82, 2.24) is 14.9 Å². The number of alkyl halides is 3. The number of hydrogen-bond acceptors (Lipinski definition) is 6. The number of allylic oxidation sites excluding steroid dienone is 4. The first-order valence-electron chi connectivity index (χ1n) is 9.99. The van der Waals surface area contributed by atoms with Crippen LogP contribution in [0.5, 0.6) is 0 Å². The van der Waals surface area contributed by atoms with Crippen molar-refractivity contribution >= 4 is 11.7 Å². The molecular weight excluding hydrogens is 397 g/mol. The molecule has 0 bridgehead atoms. The fourth-order valence-corrected chi connectivity index (χ4v) is 3.65. The lowest BCUT2D eigenvalue weighted by atomic mass is 10.0. The summed E-state index contributed by atoms with van der Waals surface area (Å²) in [7, 11) is 0. The molecule has 0 aromatic carbocycles. The van der Waals surface area contributed by atoms with Gasteiger partial charge in [-0.25, -0.2) is 9.97 Å². The molecule has 1 aliphatic carbocycles. The molecule has 2 aliphatic heterocycles. The van der Waals surface area contributed by atoms with Crippen LogP contribution in [0.2, 0.25) is 0 Å². The zero-order chi connectivity index (χ0) is 21.0. The van der Waals surface area contributed by atoms with E-state index >= 15 is 0 Å². The lowest BCUT2D eigenvalue weighted by Crippen LogP contribution is -2.34. The summed E-state index contributed by atoms with van der Waals surface area (Å²) in [6.45, 7) is 1.04. The van der Waals surface area contributed by atoms with Crippen LogP contribution in [0.4, 0.5) is 19.0 Å². The van der Waals surface area contributed by atoms with E-state index in [1.54, 1.807) is 11.2 Å². The number of hydrogen-bond donors (Lipinski definition) is 0. The third kappa shape index (κ3) is 5.47. The van der Waals surface area contributed by atoms with Crippen LogP contribution in [-0.4, -0.2) is 46.6 Å². The lowest BCUT2D eigenvalue weighted by Gasteiger charge is -2.28. The molecule has 30 heavy (non-hydrogen) atoms. The van der Waals surface area contributed by atoms with Gasteiger partial charge in [0.05, 0.1) is 12.1 Å². The number of rotatable bonds is 5. The summed E-state index contributed by atoms with van der Waals surface area (Å²) in [5, 5.41) is 0. The van der Waals surface area contributed by atoms with E-state index in [0.717, 1.165) is 18.4 Å². The second-order valence-corrected chi connectivity index (χ2v) is 7.49. The van der Waals surface area contributed by atoms with Crippen molar-refractivity contribution in [3.63, 3.8) is 0 Å². The average molecular weight is 420 g/mol. The Balaban J connectivity index is 1.43. The molecular formula is C21H23F3N4O2. The molecule has 0 radical (unpaired) electrons. The van der Waals surface area contributed by atoms with E-state index in [-0.39, 0.29) is 13.2 Å². The molecule has 3 aliphatic rings. The fourth-order valence-electron chi connectivity index (χ4n) is 3.65. The zero-order valence-electron chi connectivity index (χ0n) is 16.5. The molecule has 1 aromatic rings. The van der Waals surface area contributed by atoms with E-state index in [0.29, 0.717) is 49.1 Å². The van der Waals surface area contributed by atoms with E-state index in [4.69, 9.17) is 9.47 Å². The Hall–Kier alpha value is -2.68. The summed E-state index contributed by atoms with van der Waals surface area (Å²) in [6.07, 6.45) is 7.52. The monoisotopic (exact) mass is 420 g/mol. The maximum Gasteiger partial charge on any atom is 0.390 e. The van der Waals surface area contributed by atoms with Crippen molar-refractivity contribution in [2.75, 3.05) is 19.7 Å². The second kappa shape index (κ2) is 8.99. The highest BCUT2D eigenvalue weighted by atomic mass is 19.4.